The SMILES string of the molecule is NC(=O)Cn1c(=O)sc2ccccc21. The molecule has 0 aliphatic heterocycles. The summed E-state index contributed by atoms with van der Waals surface area (Å²) in [5, 5.41) is 0. The Hall–Kier alpha value is -1.62. The van der Waals surface area contributed by atoms with Gasteiger partial charge >= 0.3 is 4.87 Å². The van der Waals surface area contributed by atoms with Crippen molar-refractivity contribution in [1.29, 1.82) is 0 Å². The number of hydrogen-bond donors (Lipinski definition) is 1. The number of carbonyl (C=O) groups excluding carboxylic acids is 1. The monoisotopic (exact) mass is 208 g/mol. The van der Waals surface area contributed by atoms with Gasteiger partial charge in [-0.1, -0.05) is 23.5 Å². The Bertz CT molecular complexity index is 541. The first kappa shape index (κ1) is 8.96. The Morgan fingerprint density at radius 1 is 1.43 bits per heavy atom. The molecule has 0 aliphatic rings. The summed E-state index contributed by atoms with van der Waals surface area (Å²) in [6.07, 6.45) is 0. The maximum absolute atomic E-state index is 11.4. The van der Waals surface area contributed by atoms with Gasteiger partial charge in [-0.05, 0) is 12.1 Å². The summed E-state index contributed by atoms with van der Waals surface area (Å²) < 4.78 is 2.27. The Morgan fingerprint density at radius 3 is 2.86 bits per heavy atom. The average molecular weight is 208 g/mol. The molecule has 4 nitrogen and oxygen atoms in total. The van der Waals surface area contributed by atoms with Gasteiger partial charge in [0.1, 0.15) is 6.54 Å². The lowest BCUT2D eigenvalue weighted by Gasteiger charge is -1.98. The van der Waals surface area contributed by atoms with Crippen LogP contribution in [0.2, 0.25) is 0 Å². The van der Waals surface area contributed by atoms with Gasteiger partial charge in [-0.2, -0.15) is 0 Å². The molecule has 72 valence electrons. The fourth-order valence-corrected chi connectivity index (χ4v) is 2.21. The van der Waals surface area contributed by atoms with Crippen molar-refractivity contribution in [2.45, 2.75) is 6.54 Å². The van der Waals surface area contributed by atoms with Crippen LogP contribution >= 0.6 is 11.3 Å². The Kier molecular flexibility index (Phi) is 2.09. The third-order valence-electron chi connectivity index (χ3n) is 1.89. The molecule has 0 bridgehead atoms. The van der Waals surface area contributed by atoms with E-state index in [4.69, 9.17) is 5.73 Å². The van der Waals surface area contributed by atoms with Crippen molar-refractivity contribution in [3.8, 4) is 0 Å². The summed E-state index contributed by atoms with van der Waals surface area (Å²) in [7, 11) is 0. The smallest absolute Gasteiger partial charge is 0.308 e. The summed E-state index contributed by atoms with van der Waals surface area (Å²) in [6.45, 7) is -0.0527. The molecular formula is C9H8N2O2S. The van der Waals surface area contributed by atoms with Crippen molar-refractivity contribution in [3.05, 3.63) is 33.9 Å². The number of para-hydroxylation sites is 1. The topological polar surface area (TPSA) is 65.1 Å². The summed E-state index contributed by atoms with van der Waals surface area (Å²) in [6, 6.07) is 7.33. The predicted molar refractivity (Wildman–Crippen MR) is 55.3 cm³/mol. The average Bonchev–Trinajstić information content (AvgIpc) is 2.43. The molecule has 5 heteroatoms. The third-order valence-corrected chi connectivity index (χ3v) is 2.85. The maximum Gasteiger partial charge on any atom is 0.308 e. The molecule has 0 aliphatic carbocycles. The van der Waals surface area contributed by atoms with Crippen molar-refractivity contribution < 1.29 is 4.79 Å². The van der Waals surface area contributed by atoms with Gasteiger partial charge in [0.25, 0.3) is 0 Å². The van der Waals surface area contributed by atoms with E-state index in [0.717, 1.165) is 21.6 Å². The zero-order valence-electron chi connectivity index (χ0n) is 7.27. The van der Waals surface area contributed by atoms with Gasteiger partial charge in [-0.15, -0.1) is 0 Å². The highest BCUT2D eigenvalue weighted by Gasteiger charge is 2.07. The second-order valence-corrected chi connectivity index (χ2v) is 3.88. The van der Waals surface area contributed by atoms with Crippen molar-refractivity contribution in [1.82, 2.24) is 4.57 Å². The van der Waals surface area contributed by atoms with Gasteiger partial charge in [-0.3, -0.25) is 14.2 Å². The minimum atomic E-state index is -0.504. The fourth-order valence-electron chi connectivity index (χ4n) is 1.32. The van der Waals surface area contributed by atoms with E-state index in [-0.39, 0.29) is 11.4 Å². The minimum absolute atomic E-state index is 0.0527. The molecule has 0 saturated heterocycles. The number of carbonyl (C=O) groups is 1. The third kappa shape index (κ3) is 1.42. The quantitative estimate of drug-likeness (QED) is 0.783. The summed E-state index contributed by atoms with van der Waals surface area (Å²) in [5.74, 6) is -0.504. The fraction of sp³-hybridized carbons (Fsp3) is 0.111. The van der Waals surface area contributed by atoms with E-state index in [9.17, 15) is 9.59 Å². The number of amides is 1. The first-order valence-corrected chi connectivity index (χ1v) is 4.87. The van der Waals surface area contributed by atoms with E-state index in [0.29, 0.717) is 0 Å². The molecule has 0 unspecified atom stereocenters. The number of aromatic nitrogens is 1. The normalized spacial score (nSPS) is 10.6. The highest BCUT2D eigenvalue weighted by Crippen LogP contribution is 2.15. The van der Waals surface area contributed by atoms with Crippen molar-refractivity contribution in [3.63, 3.8) is 0 Å². The first-order chi connectivity index (χ1) is 6.68. The second-order valence-electron chi connectivity index (χ2n) is 2.89. The van der Waals surface area contributed by atoms with Gasteiger partial charge in [0.05, 0.1) is 10.2 Å². The predicted octanol–water partition coefficient (Wildman–Crippen LogP) is 0.548. The molecule has 1 heterocycles. The van der Waals surface area contributed by atoms with Crippen LogP contribution in [0.3, 0.4) is 0 Å². The number of primary amides is 1. The second kappa shape index (κ2) is 3.26. The summed E-state index contributed by atoms with van der Waals surface area (Å²) >= 11 is 1.12. The number of thiazole rings is 1. The lowest BCUT2D eigenvalue weighted by atomic mass is 10.3. The van der Waals surface area contributed by atoms with Gasteiger partial charge in [0.2, 0.25) is 5.91 Å². The van der Waals surface area contributed by atoms with Crippen molar-refractivity contribution >= 4 is 27.5 Å². The van der Waals surface area contributed by atoms with Crippen LogP contribution in [0, 0.1) is 0 Å². The maximum atomic E-state index is 11.4. The molecule has 1 aromatic carbocycles. The highest BCUT2D eigenvalue weighted by atomic mass is 32.1. The molecule has 0 saturated carbocycles. The lowest BCUT2D eigenvalue weighted by Crippen LogP contribution is -2.24. The van der Waals surface area contributed by atoms with E-state index in [1.807, 2.05) is 18.2 Å². The molecule has 0 atom stereocenters. The molecule has 2 aromatic rings. The van der Waals surface area contributed by atoms with E-state index >= 15 is 0 Å². The van der Waals surface area contributed by atoms with Crippen LogP contribution in [0.25, 0.3) is 10.2 Å². The largest absolute Gasteiger partial charge is 0.368 e. The van der Waals surface area contributed by atoms with Gasteiger partial charge in [0.15, 0.2) is 0 Å². The van der Waals surface area contributed by atoms with Gasteiger partial charge in [0, 0.05) is 0 Å². The van der Waals surface area contributed by atoms with Crippen LogP contribution in [0.5, 0.6) is 0 Å². The van der Waals surface area contributed by atoms with Crippen molar-refractivity contribution in [2.24, 2.45) is 5.73 Å². The number of nitrogens with zero attached hydrogens (tertiary/aromatic N) is 1. The summed E-state index contributed by atoms with van der Waals surface area (Å²) in [5.41, 5.74) is 5.81. The van der Waals surface area contributed by atoms with Gasteiger partial charge in [-0.25, -0.2) is 0 Å². The standard InChI is InChI=1S/C9H8N2O2S/c10-8(12)5-11-6-3-1-2-4-7(6)14-9(11)13/h1-4H,5H2,(H2,10,12). The number of fused-ring (bicyclic) bond motifs is 1. The molecule has 0 spiro atoms. The molecular weight excluding hydrogens is 200 g/mol. The number of rotatable bonds is 2. The Balaban J connectivity index is 2.68. The van der Waals surface area contributed by atoms with Crippen LogP contribution in [0.1, 0.15) is 0 Å². The molecule has 0 fully saturated rings. The van der Waals surface area contributed by atoms with Crippen LogP contribution < -0.4 is 10.6 Å². The Labute approximate surface area is 83.6 Å². The van der Waals surface area contributed by atoms with Crippen molar-refractivity contribution in [2.75, 3.05) is 0 Å². The highest BCUT2D eigenvalue weighted by molar-refractivity contribution is 7.16. The van der Waals surface area contributed by atoms with Crippen LogP contribution in [0.15, 0.2) is 29.1 Å². The molecule has 0 radical (unpaired) electrons. The van der Waals surface area contributed by atoms with Crippen LogP contribution in [0.4, 0.5) is 0 Å². The van der Waals surface area contributed by atoms with E-state index in [1.54, 1.807) is 6.07 Å². The van der Waals surface area contributed by atoms with Crippen LogP contribution in [-0.2, 0) is 11.3 Å². The minimum Gasteiger partial charge on any atom is -0.368 e. The zero-order chi connectivity index (χ0) is 10.1. The van der Waals surface area contributed by atoms with Gasteiger partial charge < -0.3 is 5.73 Å². The first-order valence-electron chi connectivity index (χ1n) is 4.05. The summed E-state index contributed by atoms with van der Waals surface area (Å²) in [4.78, 5) is 22.0. The molecule has 2 rings (SSSR count). The number of nitrogens with two attached hydrogens (primary N) is 1. The van der Waals surface area contributed by atoms with E-state index in [1.165, 1.54) is 4.57 Å². The Morgan fingerprint density at radius 2 is 2.14 bits per heavy atom. The van der Waals surface area contributed by atoms with E-state index < -0.39 is 5.91 Å². The molecule has 14 heavy (non-hydrogen) atoms. The molecule has 2 N–H and O–H groups in total. The number of hydrogen-bond acceptors (Lipinski definition) is 3. The van der Waals surface area contributed by atoms with Crippen LogP contribution in [-0.4, -0.2) is 10.5 Å². The number of benzene rings is 1. The molecule has 1 aromatic heterocycles. The van der Waals surface area contributed by atoms with E-state index in [2.05, 4.69) is 0 Å². The zero-order valence-corrected chi connectivity index (χ0v) is 8.08. The molecule has 1 amide bonds. The lowest BCUT2D eigenvalue weighted by molar-refractivity contribution is -0.118.